The van der Waals surface area contributed by atoms with Gasteiger partial charge in [0.2, 0.25) is 5.91 Å². The van der Waals surface area contributed by atoms with Crippen LogP contribution in [-0.2, 0) is 11.3 Å². The third-order valence-electron chi connectivity index (χ3n) is 5.01. The first-order chi connectivity index (χ1) is 12.3. The molecule has 2 saturated heterocycles. The highest BCUT2D eigenvalue weighted by Crippen LogP contribution is 2.20. The van der Waals surface area contributed by atoms with Crippen LogP contribution >= 0.6 is 0 Å². The summed E-state index contributed by atoms with van der Waals surface area (Å²) in [6.07, 6.45) is 6.32. The van der Waals surface area contributed by atoms with Crippen molar-refractivity contribution in [3.63, 3.8) is 0 Å². The average molecular weight is 340 g/mol. The number of aromatic nitrogens is 3. The molecule has 0 saturated carbocycles. The van der Waals surface area contributed by atoms with E-state index in [0.29, 0.717) is 6.54 Å². The normalized spacial score (nSPS) is 18.0. The maximum Gasteiger partial charge on any atom is 0.242 e. The first-order valence-electron chi connectivity index (χ1n) is 9.02. The van der Waals surface area contributed by atoms with E-state index in [2.05, 4.69) is 32.1 Å². The molecule has 0 radical (unpaired) electrons. The van der Waals surface area contributed by atoms with E-state index in [1.54, 1.807) is 0 Å². The number of piperazine rings is 1. The Morgan fingerprint density at radius 2 is 1.40 bits per heavy atom. The van der Waals surface area contributed by atoms with Gasteiger partial charge in [0.25, 0.3) is 0 Å². The molecule has 0 atom stereocenters. The van der Waals surface area contributed by atoms with Gasteiger partial charge in [-0.2, -0.15) is 0 Å². The summed E-state index contributed by atoms with van der Waals surface area (Å²) in [6, 6.07) is 8.00. The Bertz CT molecular complexity index is 685. The SMILES string of the molecule is O=C(Cn1cccc1)N1CCN(c2ccc(N3CCCC3)nn2)CC1. The summed E-state index contributed by atoms with van der Waals surface area (Å²) in [7, 11) is 0. The molecule has 2 aliphatic rings. The summed E-state index contributed by atoms with van der Waals surface area (Å²) in [5.41, 5.74) is 0. The summed E-state index contributed by atoms with van der Waals surface area (Å²) in [4.78, 5) is 18.8. The van der Waals surface area contributed by atoms with Crippen LogP contribution in [0.3, 0.4) is 0 Å². The highest BCUT2D eigenvalue weighted by atomic mass is 16.2. The van der Waals surface area contributed by atoms with E-state index >= 15 is 0 Å². The van der Waals surface area contributed by atoms with Crippen molar-refractivity contribution >= 4 is 17.5 Å². The maximum absolute atomic E-state index is 12.4. The van der Waals surface area contributed by atoms with Gasteiger partial charge in [-0.15, -0.1) is 10.2 Å². The van der Waals surface area contributed by atoms with Crippen molar-refractivity contribution in [3.8, 4) is 0 Å². The number of nitrogens with zero attached hydrogens (tertiary/aromatic N) is 6. The molecule has 2 aromatic rings. The third kappa shape index (κ3) is 3.60. The molecule has 0 aliphatic carbocycles. The van der Waals surface area contributed by atoms with Gasteiger partial charge >= 0.3 is 0 Å². The van der Waals surface area contributed by atoms with E-state index in [0.717, 1.165) is 50.9 Å². The van der Waals surface area contributed by atoms with Crippen molar-refractivity contribution in [1.82, 2.24) is 19.7 Å². The Hall–Kier alpha value is -2.57. The van der Waals surface area contributed by atoms with Crippen LogP contribution in [0.15, 0.2) is 36.7 Å². The minimum atomic E-state index is 0.173. The molecule has 7 heteroatoms. The lowest BCUT2D eigenvalue weighted by atomic mass is 10.3. The van der Waals surface area contributed by atoms with E-state index in [-0.39, 0.29) is 5.91 Å². The predicted octanol–water partition coefficient (Wildman–Crippen LogP) is 1.23. The lowest BCUT2D eigenvalue weighted by molar-refractivity contribution is -0.132. The molecule has 0 unspecified atom stereocenters. The molecule has 2 aromatic heterocycles. The first-order valence-corrected chi connectivity index (χ1v) is 9.02. The van der Waals surface area contributed by atoms with Crippen LogP contribution in [0.2, 0.25) is 0 Å². The lowest BCUT2D eigenvalue weighted by Crippen LogP contribution is -2.49. The molecule has 0 aromatic carbocycles. The minimum Gasteiger partial charge on any atom is -0.355 e. The summed E-state index contributed by atoms with van der Waals surface area (Å²) >= 11 is 0. The molecule has 0 N–H and O–H groups in total. The second-order valence-corrected chi connectivity index (χ2v) is 6.67. The fourth-order valence-corrected chi connectivity index (χ4v) is 3.52. The van der Waals surface area contributed by atoms with Crippen LogP contribution in [-0.4, -0.2) is 64.8 Å². The van der Waals surface area contributed by atoms with Crippen LogP contribution < -0.4 is 9.80 Å². The Balaban J connectivity index is 1.31. The van der Waals surface area contributed by atoms with Gasteiger partial charge in [-0.05, 0) is 37.1 Å². The zero-order chi connectivity index (χ0) is 17.1. The molecule has 0 spiro atoms. The first kappa shape index (κ1) is 15.9. The molecular weight excluding hydrogens is 316 g/mol. The maximum atomic E-state index is 12.4. The minimum absolute atomic E-state index is 0.173. The molecular formula is C18H24N6O. The number of hydrogen-bond acceptors (Lipinski definition) is 5. The van der Waals surface area contributed by atoms with Crippen molar-refractivity contribution < 1.29 is 4.79 Å². The van der Waals surface area contributed by atoms with Crippen LogP contribution in [0.5, 0.6) is 0 Å². The molecule has 7 nitrogen and oxygen atoms in total. The van der Waals surface area contributed by atoms with Crippen LogP contribution in [0, 0.1) is 0 Å². The van der Waals surface area contributed by atoms with E-state index in [9.17, 15) is 4.79 Å². The lowest BCUT2D eigenvalue weighted by Gasteiger charge is -2.35. The van der Waals surface area contributed by atoms with Gasteiger partial charge < -0.3 is 19.3 Å². The number of carbonyl (C=O) groups is 1. The largest absolute Gasteiger partial charge is 0.355 e. The van der Waals surface area contributed by atoms with Gasteiger partial charge in [0, 0.05) is 51.7 Å². The number of hydrogen-bond donors (Lipinski definition) is 0. The molecule has 2 fully saturated rings. The average Bonchev–Trinajstić information content (AvgIpc) is 3.36. The molecule has 2 aliphatic heterocycles. The van der Waals surface area contributed by atoms with Gasteiger partial charge in [0.15, 0.2) is 11.6 Å². The second-order valence-electron chi connectivity index (χ2n) is 6.67. The van der Waals surface area contributed by atoms with Crippen LogP contribution in [0.4, 0.5) is 11.6 Å². The Kier molecular flexibility index (Phi) is 4.54. The monoisotopic (exact) mass is 340 g/mol. The highest BCUT2D eigenvalue weighted by Gasteiger charge is 2.22. The molecule has 4 rings (SSSR count). The standard InChI is InChI=1S/C18H24N6O/c25-18(15-21-7-1-2-8-21)24-13-11-23(12-14-24)17-6-5-16(19-20-17)22-9-3-4-10-22/h1-2,5-8H,3-4,9-15H2. The zero-order valence-electron chi connectivity index (χ0n) is 14.4. The van der Waals surface area contributed by atoms with Crippen molar-refractivity contribution in [3.05, 3.63) is 36.7 Å². The summed E-state index contributed by atoms with van der Waals surface area (Å²) in [5, 5.41) is 8.79. The molecule has 4 heterocycles. The Morgan fingerprint density at radius 1 is 0.840 bits per heavy atom. The number of carbonyl (C=O) groups excluding carboxylic acids is 1. The molecule has 0 bridgehead atoms. The Labute approximate surface area is 147 Å². The van der Waals surface area contributed by atoms with Crippen LogP contribution in [0.25, 0.3) is 0 Å². The number of rotatable bonds is 4. The van der Waals surface area contributed by atoms with Crippen molar-refractivity contribution in [2.45, 2.75) is 19.4 Å². The molecule has 1 amide bonds. The summed E-state index contributed by atoms with van der Waals surface area (Å²) < 4.78 is 1.91. The van der Waals surface area contributed by atoms with Gasteiger partial charge in [0.05, 0.1) is 0 Å². The zero-order valence-corrected chi connectivity index (χ0v) is 14.4. The van der Waals surface area contributed by atoms with E-state index in [1.807, 2.05) is 34.0 Å². The van der Waals surface area contributed by atoms with Gasteiger partial charge in [-0.3, -0.25) is 4.79 Å². The summed E-state index contributed by atoms with van der Waals surface area (Å²) in [5.74, 6) is 2.05. The van der Waals surface area contributed by atoms with E-state index in [1.165, 1.54) is 12.8 Å². The third-order valence-corrected chi connectivity index (χ3v) is 5.01. The quantitative estimate of drug-likeness (QED) is 0.838. The van der Waals surface area contributed by atoms with Crippen molar-refractivity contribution in [2.24, 2.45) is 0 Å². The van der Waals surface area contributed by atoms with Gasteiger partial charge in [-0.1, -0.05) is 0 Å². The van der Waals surface area contributed by atoms with Gasteiger partial charge in [-0.25, -0.2) is 0 Å². The second kappa shape index (κ2) is 7.13. The Morgan fingerprint density at radius 3 is 1.96 bits per heavy atom. The van der Waals surface area contributed by atoms with Crippen LogP contribution in [0.1, 0.15) is 12.8 Å². The predicted molar refractivity (Wildman–Crippen MR) is 96.7 cm³/mol. The highest BCUT2D eigenvalue weighted by molar-refractivity contribution is 5.76. The summed E-state index contributed by atoms with van der Waals surface area (Å²) in [6.45, 7) is 5.64. The molecule has 25 heavy (non-hydrogen) atoms. The smallest absolute Gasteiger partial charge is 0.242 e. The van der Waals surface area contributed by atoms with Gasteiger partial charge in [0.1, 0.15) is 6.54 Å². The topological polar surface area (TPSA) is 57.5 Å². The van der Waals surface area contributed by atoms with Crippen molar-refractivity contribution in [2.75, 3.05) is 49.1 Å². The number of amides is 1. The number of anilines is 2. The fraction of sp³-hybridized carbons (Fsp3) is 0.500. The van der Waals surface area contributed by atoms with E-state index in [4.69, 9.17) is 0 Å². The van der Waals surface area contributed by atoms with E-state index < -0.39 is 0 Å². The molecule has 132 valence electrons. The van der Waals surface area contributed by atoms with Crippen molar-refractivity contribution in [1.29, 1.82) is 0 Å². The fourth-order valence-electron chi connectivity index (χ4n) is 3.52.